The van der Waals surface area contributed by atoms with Gasteiger partial charge in [-0.3, -0.25) is 9.59 Å². The van der Waals surface area contributed by atoms with Crippen molar-refractivity contribution in [3.8, 4) is 0 Å². The molecule has 0 aliphatic carbocycles. The van der Waals surface area contributed by atoms with Gasteiger partial charge in [0.05, 0.1) is 10.6 Å². The second kappa shape index (κ2) is 6.83. The molecule has 0 atom stereocenters. The summed E-state index contributed by atoms with van der Waals surface area (Å²) >= 11 is 7.11. The van der Waals surface area contributed by atoms with Crippen molar-refractivity contribution in [2.75, 3.05) is 5.32 Å². The number of carbonyl (C=O) groups is 2. The van der Waals surface area contributed by atoms with Crippen LogP contribution in [0.3, 0.4) is 0 Å². The maximum atomic E-state index is 11.9. The molecule has 0 saturated carbocycles. The molecule has 0 aliphatic heterocycles. The maximum absolute atomic E-state index is 11.9. The molecule has 110 valence electrons. The average molecular weight is 323 g/mol. The van der Waals surface area contributed by atoms with Gasteiger partial charge >= 0.3 is 0 Å². The highest BCUT2D eigenvalue weighted by Gasteiger charge is 2.13. The molecular formula is C15H15ClN2O2S. The molecule has 1 amide bonds. The lowest BCUT2D eigenvalue weighted by Crippen LogP contribution is -2.12. The van der Waals surface area contributed by atoms with E-state index < -0.39 is 0 Å². The number of amides is 1. The van der Waals surface area contributed by atoms with Crippen LogP contribution >= 0.6 is 22.9 Å². The van der Waals surface area contributed by atoms with Gasteiger partial charge in [-0.15, -0.1) is 0 Å². The van der Waals surface area contributed by atoms with Crippen molar-refractivity contribution < 1.29 is 9.59 Å². The van der Waals surface area contributed by atoms with E-state index in [0.717, 1.165) is 5.56 Å². The number of rotatable bonds is 5. The minimum Gasteiger partial charge on any atom is -0.302 e. The van der Waals surface area contributed by atoms with Crippen LogP contribution in [0.25, 0.3) is 0 Å². The van der Waals surface area contributed by atoms with Crippen LogP contribution in [-0.2, 0) is 11.2 Å². The van der Waals surface area contributed by atoms with E-state index in [-0.39, 0.29) is 11.7 Å². The summed E-state index contributed by atoms with van der Waals surface area (Å²) in [5.74, 6) is -0.164. The number of hydrogen-bond acceptors (Lipinski definition) is 4. The smallest absolute Gasteiger partial charge is 0.226 e. The second-order valence-corrected chi connectivity index (χ2v) is 6.10. The van der Waals surface area contributed by atoms with E-state index in [9.17, 15) is 9.59 Å². The average Bonchev–Trinajstić information content (AvgIpc) is 2.77. The molecule has 21 heavy (non-hydrogen) atoms. The molecule has 2 aromatic rings. The Labute approximate surface area is 132 Å². The lowest BCUT2D eigenvalue weighted by atomic mass is 10.1. The Hall–Kier alpha value is -1.72. The third-order valence-corrected chi connectivity index (χ3v) is 4.30. The highest BCUT2D eigenvalue weighted by atomic mass is 35.5. The predicted octanol–water partition coefficient (Wildman–Crippen LogP) is 3.88. The summed E-state index contributed by atoms with van der Waals surface area (Å²) < 4.78 is 0. The Kier molecular flexibility index (Phi) is 5.09. The van der Waals surface area contributed by atoms with Gasteiger partial charge in [-0.1, -0.05) is 35.1 Å². The number of halogens is 1. The lowest BCUT2D eigenvalue weighted by molar-refractivity contribution is -0.116. The normalized spacial score (nSPS) is 10.4. The lowest BCUT2D eigenvalue weighted by Gasteiger charge is -2.02. The monoisotopic (exact) mass is 322 g/mol. The van der Waals surface area contributed by atoms with Crippen LogP contribution < -0.4 is 5.32 Å². The molecule has 0 bridgehead atoms. The zero-order valence-electron chi connectivity index (χ0n) is 11.8. The quantitative estimate of drug-likeness (QED) is 0.850. The van der Waals surface area contributed by atoms with E-state index in [0.29, 0.717) is 33.6 Å². The SMILES string of the molecule is CC(=O)c1sc(NC(=O)CCc2cccc(Cl)c2)nc1C. The molecule has 0 spiro atoms. The van der Waals surface area contributed by atoms with Crippen LogP contribution in [0.1, 0.15) is 34.3 Å². The number of nitrogens with one attached hydrogen (secondary N) is 1. The summed E-state index contributed by atoms with van der Waals surface area (Å²) in [6.45, 7) is 3.25. The molecule has 1 aromatic heterocycles. The van der Waals surface area contributed by atoms with Gasteiger partial charge < -0.3 is 5.32 Å². The minimum atomic E-state index is -0.126. The topological polar surface area (TPSA) is 59.1 Å². The number of aromatic nitrogens is 1. The first kappa shape index (κ1) is 15.7. The molecule has 1 heterocycles. The van der Waals surface area contributed by atoms with E-state index in [1.54, 1.807) is 13.0 Å². The van der Waals surface area contributed by atoms with Crippen LogP contribution in [0.5, 0.6) is 0 Å². The van der Waals surface area contributed by atoms with Gasteiger partial charge in [-0.2, -0.15) is 0 Å². The van der Waals surface area contributed by atoms with Gasteiger partial charge in [0.25, 0.3) is 0 Å². The number of ketones is 1. The predicted molar refractivity (Wildman–Crippen MR) is 85.3 cm³/mol. The van der Waals surface area contributed by atoms with E-state index >= 15 is 0 Å². The van der Waals surface area contributed by atoms with Crippen LogP contribution in [0.2, 0.25) is 5.02 Å². The Morgan fingerprint density at radius 2 is 2.14 bits per heavy atom. The van der Waals surface area contributed by atoms with Gasteiger partial charge in [0.2, 0.25) is 5.91 Å². The fourth-order valence-electron chi connectivity index (χ4n) is 1.91. The number of thiazole rings is 1. The third-order valence-electron chi connectivity index (χ3n) is 2.89. The Balaban J connectivity index is 1.93. The standard InChI is InChI=1S/C15H15ClN2O2S/c1-9-14(10(2)19)21-15(17-9)18-13(20)7-6-11-4-3-5-12(16)8-11/h3-5,8H,6-7H2,1-2H3,(H,17,18,20). The summed E-state index contributed by atoms with van der Waals surface area (Å²) in [6.07, 6.45) is 0.949. The number of benzene rings is 1. The summed E-state index contributed by atoms with van der Waals surface area (Å²) in [5.41, 5.74) is 1.66. The van der Waals surface area contributed by atoms with Crippen LogP contribution in [0.15, 0.2) is 24.3 Å². The highest BCUT2D eigenvalue weighted by Crippen LogP contribution is 2.23. The number of carbonyl (C=O) groups excluding carboxylic acids is 2. The Morgan fingerprint density at radius 1 is 1.38 bits per heavy atom. The van der Waals surface area contributed by atoms with Crippen molar-refractivity contribution in [1.29, 1.82) is 0 Å². The van der Waals surface area contributed by atoms with Gasteiger partial charge in [0.1, 0.15) is 0 Å². The number of nitrogens with zero attached hydrogens (tertiary/aromatic N) is 1. The number of aryl methyl sites for hydroxylation is 2. The van der Waals surface area contributed by atoms with E-state index in [4.69, 9.17) is 11.6 Å². The molecule has 2 rings (SSSR count). The van der Waals surface area contributed by atoms with Gasteiger partial charge in [0.15, 0.2) is 10.9 Å². The van der Waals surface area contributed by atoms with Crippen molar-refractivity contribution >= 4 is 39.8 Å². The number of anilines is 1. The van der Waals surface area contributed by atoms with Crippen molar-refractivity contribution in [1.82, 2.24) is 4.98 Å². The summed E-state index contributed by atoms with van der Waals surface area (Å²) in [6, 6.07) is 7.43. The highest BCUT2D eigenvalue weighted by molar-refractivity contribution is 7.17. The second-order valence-electron chi connectivity index (χ2n) is 4.67. The summed E-state index contributed by atoms with van der Waals surface area (Å²) in [5, 5.41) is 3.85. The molecular weight excluding hydrogens is 308 g/mol. The summed E-state index contributed by atoms with van der Waals surface area (Å²) in [7, 11) is 0. The van der Waals surface area contributed by atoms with Gasteiger partial charge in [-0.05, 0) is 31.0 Å². The summed E-state index contributed by atoms with van der Waals surface area (Å²) in [4.78, 5) is 28.0. The molecule has 6 heteroatoms. The van der Waals surface area contributed by atoms with Crippen molar-refractivity contribution in [3.63, 3.8) is 0 Å². The Bertz CT molecular complexity index is 682. The van der Waals surface area contributed by atoms with E-state index in [1.807, 2.05) is 18.2 Å². The van der Waals surface area contributed by atoms with Crippen molar-refractivity contribution in [3.05, 3.63) is 45.4 Å². The van der Waals surface area contributed by atoms with E-state index in [1.165, 1.54) is 18.3 Å². The van der Waals surface area contributed by atoms with Crippen LogP contribution in [0, 0.1) is 6.92 Å². The molecule has 0 aliphatic rings. The molecule has 0 radical (unpaired) electrons. The van der Waals surface area contributed by atoms with E-state index in [2.05, 4.69) is 10.3 Å². The minimum absolute atomic E-state index is 0.0376. The van der Waals surface area contributed by atoms with Crippen molar-refractivity contribution in [2.45, 2.75) is 26.7 Å². The fourth-order valence-corrected chi connectivity index (χ4v) is 3.00. The zero-order valence-corrected chi connectivity index (χ0v) is 13.3. The van der Waals surface area contributed by atoms with Crippen molar-refractivity contribution in [2.24, 2.45) is 0 Å². The molecule has 0 fully saturated rings. The third kappa shape index (κ3) is 4.37. The molecule has 0 saturated heterocycles. The van der Waals surface area contributed by atoms with Crippen LogP contribution in [-0.4, -0.2) is 16.7 Å². The first-order chi connectivity index (χ1) is 9.95. The first-order valence-electron chi connectivity index (χ1n) is 6.48. The zero-order chi connectivity index (χ0) is 15.4. The van der Waals surface area contributed by atoms with Gasteiger partial charge in [-0.25, -0.2) is 4.98 Å². The first-order valence-corrected chi connectivity index (χ1v) is 7.68. The molecule has 1 aromatic carbocycles. The van der Waals surface area contributed by atoms with Gasteiger partial charge in [0, 0.05) is 18.4 Å². The number of Topliss-reactive ketones (excluding diaryl/α,β-unsaturated/α-hetero) is 1. The maximum Gasteiger partial charge on any atom is 0.226 e. The molecule has 1 N–H and O–H groups in total. The van der Waals surface area contributed by atoms with Crippen LogP contribution in [0.4, 0.5) is 5.13 Å². The molecule has 4 nitrogen and oxygen atoms in total. The molecule has 0 unspecified atom stereocenters. The largest absolute Gasteiger partial charge is 0.302 e. The Morgan fingerprint density at radius 3 is 2.76 bits per heavy atom. The fraction of sp³-hybridized carbons (Fsp3) is 0.267. The number of hydrogen-bond donors (Lipinski definition) is 1.